The van der Waals surface area contributed by atoms with Gasteiger partial charge in [0, 0.05) is 29.6 Å². The zero-order valence-electron chi connectivity index (χ0n) is 20.1. The minimum Gasteiger partial charge on any atom is -0.497 e. The summed E-state index contributed by atoms with van der Waals surface area (Å²) in [5.41, 5.74) is 3.25. The van der Waals surface area contributed by atoms with Gasteiger partial charge >= 0.3 is 0 Å². The summed E-state index contributed by atoms with van der Waals surface area (Å²) in [5, 5.41) is 0. The van der Waals surface area contributed by atoms with Crippen molar-refractivity contribution in [2.24, 2.45) is 0 Å². The number of aromatic nitrogens is 2. The first-order valence-electron chi connectivity index (χ1n) is 12.7. The molecule has 0 radical (unpaired) electrons. The summed E-state index contributed by atoms with van der Waals surface area (Å²) in [4.78, 5) is 27.5. The first kappa shape index (κ1) is 22.3. The van der Waals surface area contributed by atoms with Crippen LogP contribution < -0.4 is 9.64 Å². The highest BCUT2D eigenvalue weighted by atomic mass is 16.5. The number of methoxy groups -OCH3 is 1. The van der Waals surface area contributed by atoms with Crippen LogP contribution >= 0.6 is 0 Å². The minimum atomic E-state index is 0.148. The molecule has 2 aromatic rings. The number of anilines is 1. The molecule has 33 heavy (non-hydrogen) atoms. The van der Waals surface area contributed by atoms with Crippen molar-refractivity contribution in [3.8, 4) is 5.75 Å². The molecule has 1 aromatic carbocycles. The third-order valence-corrected chi connectivity index (χ3v) is 7.84. The number of likely N-dealkylation sites (tertiary alicyclic amines) is 1. The van der Waals surface area contributed by atoms with E-state index in [9.17, 15) is 4.79 Å². The summed E-state index contributed by atoms with van der Waals surface area (Å²) in [6.07, 6.45) is 10.4. The monoisotopic (exact) mass is 448 g/mol. The maximum Gasteiger partial charge on any atom is 0.228 e. The molecule has 3 heterocycles. The van der Waals surface area contributed by atoms with Crippen LogP contribution in [0.4, 0.5) is 5.82 Å². The third-order valence-electron chi connectivity index (χ3n) is 7.84. The van der Waals surface area contributed by atoms with Gasteiger partial charge in [-0.1, -0.05) is 31.4 Å². The Kier molecular flexibility index (Phi) is 6.63. The van der Waals surface area contributed by atoms with Crippen LogP contribution in [0, 0.1) is 6.92 Å². The van der Waals surface area contributed by atoms with Gasteiger partial charge < -0.3 is 9.64 Å². The number of amides is 1. The van der Waals surface area contributed by atoms with Crippen molar-refractivity contribution in [3.63, 3.8) is 0 Å². The molecule has 2 fully saturated rings. The average molecular weight is 449 g/mol. The summed E-state index contributed by atoms with van der Waals surface area (Å²) in [6, 6.07) is 8.72. The lowest BCUT2D eigenvalue weighted by Crippen LogP contribution is -2.42. The molecule has 1 amide bonds. The Balaban J connectivity index is 1.34. The van der Waals surface area contributed by atoms with E-state index in [1.54, 1.807) is 7.11 Å². The van der Waals surface area contributed by atoms with Crippen LogP contribution in [0.2, 0.25) is 0 Å². The van der Waals surface area contributed by atoms with Gasteiger partial charge in [-0.2, -0.15) is 0 Å². The molecule has 176 valence electrons. The van der Waals surface area contributed by atoms with Gasteiger partial charge in [-0.3, -0.25) is 9.69 Å². The molecule has 2 aliphatic heterocycles. The number of rotatable bonds is 5. The highest BCUT2D eigenvalue weighted by molar-refractivity contribution is 5.95. The van der Waals surface area contributed by atoms with Gasteiger partial charge in [0.25, 0.3) is 0 Å². The summed E-state index contributed by atoms with van der Waals surface area (Å²) >= 11 is 0. The molecular weight excluding hydrogens is 412 g/mol. The van der Waals surface area contributed by atoms with Crippen LogP contribution in [0.3, 0.4) is 0 Å². The van der Waals surface area contributed by atoms with Gasteiger partial charge in [0.05, 0.1) is 13.7 Å². The maximum atomic E-state index is 12.9. The van der Waals surface area contributed by atoms with E-state index < -0.39 is 0 Å². The van der Waals surface area contributed by atoms with Gasteiger partial charge in [0.2, 0.25) is 5.91 Å². The van der Waals surface area contributed by atoms with Crippen molar-refractivity contribution in [2.75, 3.05) is 25.1 Å². The van der Waals surface area contributed by atoms with Gasteiger partial charge in [0.1, 0.15) is 17.4 Å². The summed E-state index contributed by atoms with van der Waals surface area (Å²) in [7, 11) is 1.67. The van der Waals surface area contributed by atoms with Crippen molar-refractivity contribution in [3.05, 3.63) is 46.9 Å². The van der Waals surface area contributed by atoms with Crippen molar-refractivity contribution in [2.45, 2.75) is 83.2 Å². The molecule has 6 nitrogen and oxygen atoms in total. The van der Waals surface area contributed by atoms with Crippen molar-refractivity contribution >= 4 is 11.7 Å². The minimum absolute atomic E-state index is 0.148. The molecule has 1 aromatic heterocycles. The van der Waals surface area contributed by atoms with Crippen molar-refractivity contribution in [1.82, 2.24) is 14.9 Å². The Bertz CT molecular complexity index is 976. The van der Waals surface area contributed by atoms with Crippen LogP contribution in [-0.4, -0.2) is 47.0 Å². The molecule has 1 saturated heterocycles. The van der Waals surface area contributed by atoms with E-state index in [-0.39, 0.29) is 5.91 Å². The number of hydrogen-bond donors (Lipinski definition) is 0. The number of carbonyl (C=O) groups is 1. The second-order valence-corrected chi connectivity index (χ2v) is 9.90. The fourth-order valence-corrected chi connectivity index (χ4v) is 5.83. The molecular formula is C27H36N4O2. The second-order valence-electron chi connectivity index (χ2n) is 9.90. The first-order valence-corrected chi connectivity index (χ1v) is 12.7. The summed E-state index contributed by atoms with van der Waals surface area (Å²) in [6.45, 7) is 4.90. The molecule has 5 rings (SSSR count). The number of carbonyl (C=O) groups excluding carboxylic acids is 1. The molecule has 0 spiro atoms. The summed E-state index contributed by atoms with van der Waals surface area (Å²) in [5.74, 6) is 3.12. The molecule has 3 aliphatic rings. The van der Waals surface area contributed by atoms with Gasteiger partial charge in [-0.25, -0.2) is 9.97 Å². The number of aryl methyl sites for hydroxylation is 1. The Hall–Kier alpha value is -2.47. The van der Waals surface area contributed by atoms with Crippen molar-refractivity contribution < 1.29 is 9.53 Å². The lowest BCUT2D eigenvalue weighted by Gasteiger charge is -2.39. The van der Waals surface area contributed by atoms with Crippen LogP contribution in [0.25, 0.3) is 0 Å². The second kappa shape index (κ2) is 9.80. The Morgan fingerprint density at radius 3 is 2.39 bits per heavy atom. The van der Waals surface area contributed by atoms with E-state index in [1.165, 1.54) is 32.1 Å². The zero-order chi connectivity index (χ0) is 22.8. The number of fused-ring (bicyclic) bond motifs is 1. The predicted molar refractivity (Wildman–Crippen MR) is 130 cm³/mol. The van der Waals surface area contributed by atoms with Crippen molar-refractivity contribution in [1.29, 1.82) is 0 Å². The maximum absolute atomic E-state index is 12.9. The number of hydrogen-bond acceptors (Lipinski definition) is 5. The van der Waals surface area contributed by atoms with Gasteiger partial charge in [-0.05, 0) is 69.8 Å². The number of ether oxygens (including phenoxy) is 1. The lowest BCUT2D eigenvalue weighted by atomic mass is 9.89. The number of benzene rings is 1. The average Bonchev–Trinajstić information content (AvgIpc) is 2.87. The zero-order valence-corrected chi connectivity index (χ0v) is 20.1. The topological polar surface area (TPSA) is 58.6 Å². The smallest absolute Gasteiger partial charge is 0.228 e. The normalized spacial score (nSPS) is 20.7. The fraction of sp³-hybridized carbons (Fsp3) is 0.593. The lowest BCUT2D eigenvalue weighted by molar-refractivity contribution is -0.119. The fourth-order valence-electron chi connectivity index (χ4n) is 5.83. The third kappa shape index (κ3) is 4.77. The van der Waals surface area contributed by atoms with E-state index in [2.05, 4.69) is 11.8 Å². The Morgan fingerprint density at radius 2 is 1.70 bits per heavy atom. The highest BCUT2D eigenvalue weighted by Gasteiger charge is 2.32. The van der Waals surface area contributed by atoms with Crippen LogP contribution in [-0.2, 0) is 17.8 Å². The number of nitrogens with zero attached hydrogens (tertiary/aromatic N) is 4. The molecule has 1 saturated carbocycles. The van der Waals surface area contributed by atoms with Gasteiger partial charge in [-0.15, -0.1) is 0 Å². The molecule has 0 unspecified atom stereocenters. The van der Waals surface area contributed by atoms with E-state index >= 15 is 0 Å². The van der Waals surface area contributed by atoms with E-state index in [1.807, 2.05) is 29.2 Å². The van der Waals surface area contributed by atoms with Crippen LogP contribution in [0.1, 0.15) is 79.9 Å². The molecule has 0 bridgehead atoms. The quantitative estimate of drug-likeness (QED) is 0.659. The van der Waals surface area contributed by atoms with Gasteiger partial charge in [0.15, 0.2) is 0 Å². The Morgan fingerprint density at radius 1 is 0.970 bits per heavy atom. The van der Waals surface area contributed by atoms with E-state index in [0.717, 1.165) is 72.6 Å². The van der Waals surface area contributed by atoms with Crippen LogP contribution in [0.15, 0.2) is 24.3 Å². The molecule has 0 atom stereocenters. The predicted octanol–water partition coefficient (Wildman–Crippen LogP) is 4.79. The summed E-state index contributed by atoms with van der Waals surface area (Å²) < 4.78 is 5.28. The largest absolute Gasteiger partial charge is 0.497 e. The van der Waals surface area contributed by atoms with E-state index in [0.29, 0.717) is 18.9 Å². The SMILES string of the molecule is COc1ccc(CN2C(=O)CCc3c(C)nc(C4CCN(C5CCCCC5)CC4)nc32)cc1. The van der Waals surface area contributed by atoms with Crippen LogP contribution in [0.5, 0.6) is 5.75 Å². The first-order chi connectivity index (χ1) is 16.1. The van der Waals surface area contributed by atoms with E-state index in [4.69, 9.17) is 14.7 Å². The molecule has 0 N–H and O–H groups in total. The highest BCUT2D eigenvalue weighted by Crippen LogP contribution is 2.35. The molecule has 1 aliphatic carbocycles. The Labute approximate surface area is 197 Å². The standard InChI is InChI=1S/C27H36N4O2/c1-19-24-12-13-25(32)31(18-20-8-10-23(33-2)11-9-20)27(24)29-26(28-19)21-14-16-30(17-15-21)22-6-4-3-5-7-22/h8-11,21-22H,3-7,12-18H2,1-2H3. The molecule has 6 heteroatoms. The number of piperidine rings is 1.